The topological polar surface area (TPSA) is 65.5 Å². The maximum Gasteiger partial charge on any atom is 0.153 e. The first-order valence-electron chi connectivity index (χ1n) is 10.1. The van der Waals surface area contributed by atoms with E-state index < -0.39 is 9.84 Å². The lowest BCUT2D eigenvalue weighted by Crippen LogP contribution is -2.36. The van der Waals surface area contributed by atoms with Gasteiger partial charge < -0.3 is 9.47 Å². The fourth-order valence-electron chi connectivity index (χ4n) is 3.82. The van der Waals surface area contributed by atoms with Crippen molar-refractivity contribution in [2.75, 3.05) is 25.6 Å². The molecule has 0 bridgehead atoms. The minimum absolute atomic E-state index is 0.0649. The number of sulfone groups is 1. The van der Waals surface area contributed by atoms with Gasteiger partial charge in [-0.25, -0.2) is 12.8 Å². The van der Waals surface area contributed by atoms with Crippen LogP contribution in [-0.4, -0.2) is 44.2 Å². The molecule has 2 fully saturated rings. The van der Waals surface area contributed by atoms with Crippen LogP contribution in [0.4, 0.5) is 4.39 Å². The molecule has 1 saturated carbocycles. The zero-order chi connectivity index (χ0) is 20.4. The van der Waals surface area contributed by atoms with Crippen LogP contribution in [0.15, 0.2) is 36.5 Å². The standard InChI is InChI=1S/C22H26FNO4S/c1-15-10-16(21-6-3-19(23)11-24-21)2-7-22(15)28-13-18-12-27-9-8-17(18)14-29(25,26)20-4-5-20/h2-3,6-7,10-11,17-18,20H,4-5,8-9,12-14H2,1H3. The fourth-order valence-corrected chi connectivity index (χ4v) is 5.98. The quantitative estimate of drug-likeness (QED) is 0.683. The second kappa shape index (κ2) is 8.40. The summed E-state index contributed by atoms with van der Waals surface area (Å²) in [7, 11) is -2.99. The van der Waals surface area contributed by atoms with Crippen molar-refractivity contribution in [1.82, 2.24) is 4.98 Å². The van der Waals surface area contributed by atoms with E-state index in [1.54, 1.807) is 6.07 Å². The maximum atomic E-state index is 13.1. The number of benzene rings is 1. The van der Waals surface area contributed by atoms with Gasteiger partial charge in [0, 0.05) is 18.1 Å². The van der Waals surface area contributed by atoms with Crippen molar-refractivity contribution in [3.8, 4) is 17.0 Å². The van der Waals surface area contributed by atoms with Crippen LogP contribution in [-0.2, 0) is 14.6 Å². The summed E-state index contributed by atoms with van der Waals surface area (Å²) in [5.74, 6) is 0.777. The Kier molecular flexibility index (Phi) is 5.88. The van der Waals surface area contributed by atoms with Crippen molar-refractivity contribution in [3.05, 3.63) is 47.9 Å². The van der Waals surface area contributed by atoms with E-state index >= 15 is 0 Å². The predicted octanol–water partition coefficient (Wildman–Crippen LogP) is 3.80. The third-order valence-corrected chi connectivity index (χ3v) is 8.14. The predicted molar refractivity (Wildman–Crippen MR) is 109 cm³/mol. The first-order valence-corrected chi connectivity index (χ1v) is 11.8. The molecule has 0 spiro atoms. The van der Waals surface area contributed by atoms with Gasteiger partial charge in [-0.05, 0) is 68.0 Å². The summed E-state index contributed by atoms with van der Waals surface area (Å²) in [4.78, 5) is 4.11. The summed E-state index contributed by atoms with van der Waals surface area (Å²) in [6, 6.07) is 8.78. The number of nitrogens with zero attached hydrogens (tertiary/aromatic N) is 1. The van der Waals surface area contributed by atoms with Crippen molar-refractivity contribution in [1.29, 1.82) is 0 Å². The SMILES string of the molecule is Cc1cc(-c2ccc(F)cn2)ccc1OCC1COCCC1CS(=O)(=O)C1CC1. The highest BCUT2D eigenvalue weighted by atomic mass is 32.2. The smallest absolute Gasteiger partial charge is 0.153 e. The molecule has 0 N–H and O–H groups in total. The Bertz CT molecular complexity index is 957. The van der Waals surface area contributed by atoms with Gasteiger partial charge in [-0.15, -0.1) is 0 Å². The Balaban J connectivity index is 1.41. The Morgan fingerprint density at radius 1 is 1.17 bits per heavy atom. The third kappa shape index (κ3) is 4.95. The normalized spacial score (nSPS) is 22.4. The molecule has 29 heavy (non-hydrogen) atoms. The van der Waals surface area contributed by atoms with E-state index in [4.69, 9.17) is 9.47 Å². The second-order valence-corrected chi connectivity index (χ2v) is 10.4. The summed E-state index contributed by atoms with van der Waals surface area (Å²) in [6.45, 7) is 3.52. The lowest BCUT2D eigenvalue weighted by molar-refractivity contribution is 0.00437. The molecule has 0 radical (unpaired) electrons. The van der Waals surface area contributed by atoms with E-state index in [0.29, 0.717) is 25.5 Å². The van der Waals surface area contributed by atoms with E-state index in [9.17, 15) is 12.8 Å². The second-order valence-electron chi connectivity index (χ2n) is 8.07. The molecular formula is C22H26FNO4S. The zero-order valence-electron chi connectivity index (χ0n) is 16.5. The summed E-state index contributed by atoms with van der Waals surface area (Å²) in [5, 5.41) is -0.123. The number of hydrogen-bond acceptors (Lipinski definition) is 5. The zero-order valence-corrected chi connectivity index (χ0v) is 17.3. The summed E-state index contributed by atoms with van der Waals surface area (Å²) >= 11 is 0. The van der Waals surface area contributed by atoms with Crippen LogP contribution in [0.1, 0.15) is 24.8 Å². The lowest BCUT2D eigenvalue weighted by Gasteiger charge is -2.31. The molecule has 4 rings (SSSR count). The first kappa shape index (κ1) is 20.3. The highest BCUT2D eigenvalue weighted by molar-refractivity contribution is 7.92. The molecule has 1 aliphatic heterocycles. The van der Waals surface area contributed by atoms with Crippen LogP contribution in [0, 0.1) is 24.6 Å². The molecule has 1 saturated heterocycles. The van der Waals surface area contributed by atoms with Crippen molar-refractivity contribution >= 4 is 9.84 Å². The molecule has 2 heterocycles. The number of pyridine rings is 1. The van der Waals surface area contributed by atoms with Crippen LogP contribution < -0.4 is 4.74 Å². The number of aromatic nitrogens is 1. The molecule has 0 amide bonds. The molecule has 1 aromatic carbocycles. The van der Waals surface area contributed by atoms with Crippen molar-refractivity contribution in [2.24, 2.45) is 11.8 Å². The monoisotopic (exact) mass is 419 g/mol. The minimum atomic E-state index is -2.99. The van der Waals surface area contributed by atoms with Gasteiger partial charge in [0.15, 0.2) is 9.84 Å². The number of ether oxygens (including phenoxy) is 2. The van der Waals surface area contributed by atoms with E-state index in [2.05, 4.69) is 4.98 Å². The van der Waals surface area contributed by atoms with Crippen molar-refractivity contribution in [2.45, 2.75) is 31.4 Å². The van der Waals surface area contributed by atoms with E-state index in [0.717, 1.165) is 36.1 Å². The highest BCUT2D eigenvalue weighted by Gasteiger charge is 2.39. The summed E-state index contributed by atoms with van der Waals surface area (Å²) in [6.07, 6.45) is 3.57. The van der Waals surface area contributed by atoms with Crippen molar-refractivity contribution in [3.63, 3.8) is 0 Å². The first-order chi connectivity index (χ1) is 13.9. The molecular weight excluding hydrogens is 393 g/mol. The molecule has 2 aliphatic rings. The molecule has 2 unspecified atom stereocenters. The molecule has 156 valence electrons. The number of rotatable bonds is 7. The average molecular weight is 420 g/mol. The summed E-state index contributed by atoms with van der Waals surface area (Å²) in [5.41, 5.74) is 2.55. The highest BCUT2D eigenvalue weighted by Crippen LogP contribution is 2.34. The van der Waals surface area contributed by atoms with Crippen LogP contribution >= 0.6 is 0 Å². The molecule has 7 heteroatoms. The summed E-state index contributed by atoms with van der Waals surface area (Å²) < 4.78 is 49.6. The van der Waals surface area contributed by atoms with Crippen LogP contribution in [0.5, 0.6) is 5.75 Å². The van der Waals surface area contributed by atoms with E-state index in [1.807, 2.05) is 25.1 Å². The fraction of sp³-hybridized carbons (Fsp3) is 0.500. The Morgan fingerprint density at radius 2 is 2.00 bits per heavy atom. The third-order valence-electron chi connectivity index (χ3n) is 5.76. The Labute approximate surface area is 171 Å². The number of halogens is 1. The van der Waals surface area contributed by atoms with Gasteiger partial charge >= 0.3 is 0 Å². The van der Waals surface area contributed by atoms with E-state index in [1.165, 1.54) is 12.3 Å². The lowest BCUT2D eigenvalue weighted by atomic mass is 9.91. The van der Waals surface area contributed by atoms with Gasteiger partial charge in [0.05, 0.1) is 36.1 Å². The van der Waals surface area contributed by atoms with Gasteiger partial charge in [-0.1, -0.05) is 0 Å². The van der Waals surface area contributed by atoms with E-state index in [-0.39, 0.29) is 28.7 Å². The van der Waals surface area contributed by atoms with Gasteiger partial charge in [0.25, 0.3) is 0 Å². The number of hydrogen-bond donors (Lipinski definition) is 0. The van der Waals surface area contributed by atoms with Gasteiger partial charge in [0.1, 0.15) is 11.6 Å². The van der Waals surface area contributed by atoms with Crippen LogP contribution in [0.3, 0.4) is 0 Å². The Morgan fingerprint density at radius 3 is 2.69 bits per heavy atom. The van der Waals surface area contributed by atoms with Gasteiger partial charge in [-0.3, -0.25) is 4.98 Å². The van der Waals surface area contributed by atoms with Crippen molar-refractivity contribution < 1.29 is 22.3 Å². The van der Waals surface area contributed by atoms with Gasteiger partial charge in [-0.2, -0.15) is 0 Å². The average Bonchev–Trinajstić information content (AvgIpc) is 3.54. The molecule has 2 aromatic rings. The molecule has 5 nitrogen and oxygen atoms in total. The van der Waals surface area contributed by atoms with Gasteiger partial charge in [0.2, 0.25) is 0 Å². The van der Waals surface area contributed by atoms with Crippen LogP contribution in [0.2, 0.25) is 0 Å². The molecule has 1 aliphatic carbocycles. The molecule has 1 aromatic heterocycles. The number of aryl methyl sites for hydroxylation is 1. The largest absolute Gasteiger partial charge is 0.493 e. The maximum absolute atomic E-state index is 13.1. The molecule has 2 atom stereocenters. The Hall–Kier alpha value is -1.99. The van der Waals surface area contributed by atoms with Crippen LogP contribution in [0.25, 0.3) is 11.3 Å². The minimum Gasteiger partial charge on any atom is -0.493 e.